The average molecular weight is 279 g/mol. The lowest BCUT2D eigenvalue weighted by Gasteiger charge is -2.15. The van der Waals surface area contributed by atoms with Gasteiger partial charge in [0.15, 0.2) is 0 Å². The third-order valence-corrected chi connectivity index (χ3v) is 3.13. The number of carbonyl (C=O) groups excluding carboxylic acids is 2. The Morgan fingerprint density at radius 3 is 2.24 bits per heavy atom. The Kier molecular flexibility index (Phi) is 3.16. The minimum atomic E-state index is -0.372. The van der Waals surface area contributed by atoms with Gasteiger partial charge >= 0.3 is 0 Å². The molecule has 1 aliphatic rings. The van der Waals surface area contributed by atoms with E-state index in [-0.39, 0.29) is 17.5 Å². The number of hydrogen-bond acceptors (Lipinski definition) is 4. The van der Waals surface area contributed by atoms with Crippen LogP contribution in [0.15, 0.2) is 66.4 Å². The van der Waals surface area contributed by atoms with Crippen molar-refractivity contribution in [2.24, 2.45) is 0 Å². The van der Waals surface area contributed by atoms with E-state index in [1.807, 2.05) is 6.07 Å². The van der Waals surface area contributed by atoms with Gasteiger partial charge in [-0.2, -0.15) is 0 Å². The molecule has 0 fully saturated rings. The van der Waals surface area contributed by atoms with E-state index in [0.717, 1.165) is 4.90 Å². The highest BCUT2D eigenvalue weighted by Gasteiger charge is 2.32. The van der Waals surface area contributed by atoms with Gasteiger partial charge in [-0.25, -0.2) is 4.90 Å². The molecule has 0 spiro atoms. The molecule has 1 aliphatic heterocycles. The van der Waals surface area contributed by atoms with E-state index in [0.29, 0.717) is 17.1 Å². The molecular formula is C16H13N3O2. The van der Waals surface area contributed by atoms with Crippen LogP contribution in [0.5, 0.6) is 0 Å². The van der Waals surface area contributed by atoms with E-state index in [9.17, 15) is 9.59 Å². The smallest absolute Gasteiger partial charge is 0.281 e. The van der Waals surface area contributed by atoms with Gasteiger partial charge < -0.3 is 11.1 Å². The van der Waals surface area contributed by atoms with Crippen LogP contribution >= 0.6 is 0 Å². The normalized spacial score (nSPS) is 14.3. The molecule has 0 bridgehead atoms. The van der Waals surface area contributed by atoms with E-state index < -0.39 is 0 Å². The number of amides is 2. The largest absolute Gasteiger partial charge is 0.399 e. The molecule has 3 rings (SSSR count). The molecule has 5 heteroatoms. The number of nitrogen functional groups attached to an aromatic ring is 1. The standard InChI is InChI=1S/C16H13N3O2/c17-11-6-8-12(9-7-11)18-14-10-15(20)19(16(14)21)13-4-2-1-3-5-13/h1-10,18H,17H2. The van der Waals surface area contributed by atoms with Gasteiger partial charge in [0.1, 0.15) is 5.70 Å². The van der Waals surface area contributed by atoms with Crippen molar-refractivity contribution in [2.45, 2.75) is 0 Å². The number of imide groups is 1. The van der Waals surface area contributed by atoms with Gasteiger partial charge in [-0.3, -0.25) is 9.59 Å². The van der Waals surface area contributed by atoms with Gasteiger partial charge in [0, 0.05) is 17.5 Å². The zero-order valence-electron chi connectivity index (χ0n) is 11.1. The molecule has 0 atom stereocenters. The third kappa shape index (κ3) is 2.49. The number of nitrogens with two attached hydrogens (primary N) is 1. The minimum Gasteiger partial charge on any atom is -0.399 e. The summed E-state index contributed by atoms with van der Waals surface area (Å²) in [5, 5.41) is 2.94. The first kappa shape index (κ1) is 12.9. The fourth-order valence-corrected chi connectivity index (χ4v) is 2.10. The lowest BCUT2D eigenvalue weighted by molar-refractivity contribution is -0.120. The Bertz CT molecular complexity index is 721. The second-order valence-corrected chi connectivity index (χ2v) is 4.62. The topological polar surface area (TPSA) is 75.4 Å². The van der Waals surface area contributed by atoms with Gasteiger partial charge in [0.05, 0.1) is 5.69 Å². The Morgan fingerprint density at radius 1 is 0.905 bits per heavy atom. The van der Waals surface area contributed by atoms with Crippen molar-refractivity contribution in [3.05, 3.63) is 66.4 Å². The molecule has 21 heavy (non-hydrogen) atoms. The lowest BCUT2D eigenvalue weighted by Crippen LogP contribution is -2.31. The van der Waals surface area contributed by atoms with Crippen molar-refractivity contribution in [3.8, 4) is 0 Å². The van der Waals surface area contributed by atoms with Crippen LogP contribution in [-0.4, -0.2) is 11.8 Å². The van der Waals surface area contributed by atoms with Crippen LogP contribution < -0.4 is 16.0 Å². The van der Waals surface area contributed by atoms with Gasteiger partial charge in [-0.05, 0) is 36.4 Å². The Hall–Kier alpha value is -3.08. The lowest BCUT2D eigenvalue weighted by atomic mass is 10.2. The minimum absolute atomic E-state index is 0.244. The number of nitrogens with one attached hydrogen (secondary N) is 1. The van der Waals surface area contributed by atoms with Gasteiger partial charge in [-0.1, -0.05) is 18.2 Å². The number of hydrogen-bond donors (Lipinski definition) is 2. The Balaban J connectivity index is 1.83. The van der Waals surface area contributed by atoms with E-state index in [1.54, 1.807) is 48.5 Å². The molecule has 0 aliphatic carbocycles. The number of para-hydroxylation sites is 1. The van der Waals surface area contributed by atoms with Crippen LogP contribution in [0, 0.1) is 0 Å². The number of rotatable bonds is 3. The molecule has 0 saturated heterocycles. The van der Waals surface area contributed by atoms with Crippen LogP contribution in [0.3, 0.4) is 0 Å². The van der Waals surface area contributed by atoms with Crippen molar-refractivity contribution >= 4 is 28.9 Å². The molecule has 104 valence electrons. The molecule has 0 radical (unpaired) electrons. The van der Waals surface area contributed by atoms with Crippen LogP contribution in [-0.2, 0) is 9.59 Å². The molecule has 0 saturated carbocycles. The van der Waals surface area contributed by atoms with E-state index in [2.05, 4.69) is 5.32 Å². The summed E-state index contributed by atoms with van der Waals surface area (Å²) in [6.07, 6.45) is 1.30. The second kappa shape index (κ2) is 5.13. The quantitative estimate of drug-likeness (QED) is 0.666. The molecule has 3 N–H and O–H groups in total. The first-order chi connectivity index (χ1) is 10.1. The molecule has 2 amide bonds. The van der Waals surface area contributed by atoms with Gasteiger partial charge in [-0.15, -0.1) is 0 Å². The van der Waals surface area contributed by atoms with Crippen molar-refractivity contribution in [3.63, 3.8) is 0 Å². The maximum absolute atomic E-state index is 12.3. The fourth-order valence-electron chi connectivity index (χ4n) is 2.10. The maximum atomic E-state index is 12.3. The fraction of sp³-hybridized carbons (Fsp3) is 0. The highest BCUT2D eigenvalue weighted by Crippen LogP contribution is 2.23. The molecule has 2 aromatic carbocycles. The van der Waals surface area contributed by atoms with Crippen molar-refractivity contribution in [2.75, 3.05) is 16.0 Å². The summed E-state index contributed by atoms with van der Waals surface area (Å²) in [7, 11) is 0. The predicted octanol–water partition coefficient (Wildman–Crippen LogP) is 2.14. The van der Waals surface area contributed by atoms with Crippen molar-refractivity contribution in [1.29, 1.82) is 0 Å². The zero-order chi connectivity index (χ0) is 14.8. The third-order valence-electron chi connectivity index (χ3n) is 3.13. The van der Waals surface area contributed by atoms with Crippen molar-refractivity contribution in [1.82, 2.24) is 0 Å². The number of benzene rings is 2. The number of anilines is 3. The SMILES string of the molecule is Nc1ccc(NC2=CC(=O)N(c3ccccc3)C2=O)cc1. The summed E-state index contributed by atoms with van der Waals surface area (Å²) >= 11 is 0. The molecule has 5 nitrogen and oxygen atoms in total. The maximum Gasteiger partial charge on any atom is 0.281 e. The van der Waals surface area contributed by atoms with E-state index >= 15 is 0 Å². The first-order valence-corrected chi connectivity index (χ1v) is 6.43. The molecular weight excluding hydrogens is 266 g/mol. The van der Waals surface area contributed by atoms with Gasteiger partial charge in [0.2, 0.25) is 0 Å². The van der Waals surface area contributed by atoms with Crippen LogP contribution in [0.25, 0.3) is 0 Å². The summed E-state index contributed by atoms with van der Waals surface area (Å²) in [6.45, 7) is 0. The summed E-state index contributed by atoms with van der Waals surface area (Å²) in [5.74, 6) is -0.729. The molecule has 0 aromatic heterocycles. The predicted molar refractivity (Wildman–Crippen MR) is 81.5 cm³/mol. The van der Waals surface area contributed by atoms with Crippen LogP contribution in [0.4, 0.5) is 17.1 Å². The summed E-state index contributed by atoms with van der Waals surface area (Å²) in [6, 6.07) is 15.8. The highest BCUT2D eigenvalue weighted by atomic mass is 16.2. The monoisotopic (exact) mass is 279 g/mol. The Morgan fingerprint density at radius 2 is 1.57 bits per heavy atom. The summed E-state index contributed by atoms with van der Waals surface area (Å²) in [5.41, 5.74) is 7.74. The zero-order valence-corrected chi connectivity index (χ0v) is 11.1. The average Bonchev–Trinajstić information content (AvgIpc) is 2.77. The second-order valence-electron chi connectivity index (χ2n) is 4.62. The Labute approximate surface area is 121 Å². The van der Waals surface area contributed by atoms with Crippen molar-refractivity contribution < 1.29 is 9.59 Å². The van der Waals surface area contributed by atoms with E-state index in [1.165, 1.54) is 6.08 Å². The molecule has 0 unspecified atom stereocenters. The highest BCUT2D eigenvalue weighted by molar-refractivity contribution is 6.31. The van der Waals surface area contributed by atoms with Crippen LogP contribution in [0.2, 0.25) is 0 Å². The summed E-state index contributed by atoms with van der Waals surface area (Å²) < 4.78 is 0. The van der Waals surface area contributed by atoms with Gasteiger partial charge in [0.25, 0.3) is 11.8 Å². The summed E-state index contributed by atoms with van der Waals surface area (Å²) in [4.78, 5) is 25.5. The number of nitrogens with zero attached hydrogens (tertiary/aromatic N) is 1. The molecule has 2 aromatic rings. The number of carbonyl (C=O) groups is 2. The first-order valence-electron chi connectivity index (χ1n) is 6.43. The van der Waals surface area contributed by atoms with E-state index in [4.69, 9.17) is 5.73 Å². The molecule has 1 heterocycles. The van der Waals surface area contributed by atoms with Crippen LogP contribution in [0.1, 0.15) is 0 Å².